The van der Waals surface area contributed by atoms with E-state index in [1.165, 1.54) is 0 Å². The number of carbonyl (C=O) groups is 1. The number of aldehydes is 1. The fourth-order valence-corrected chi connectivity index (χ4v) is 3.45. The van der Waals surface area contributed by atoms with Crippen LogP contribution in [0.2, 0.25) is 18.1 Å². The summed E-state index contributed by atoms with van der Waals surface area (Å²) >= 11 is 0. The van der Waals surface area contributed by atoms with Crippen LogP contribution in [0, 0.1) is 0 Å². The lowest BCUT2D eigenvalue weighted by molar-refractivity contribution is -0.121. The summed E-state index contributed by atoms with van der Waals surface area (Å²) in [6.45, 7) is 11.1. The third-order valence-corrected chi connectivity index (χ3v) is 8.46. The summed E-state index contributed by atoms with van der Waals surface area (Å²) in [5.74, 6) is 0. The summed E-state index contributed by atoms with van der Waals surface area (Å²) in [6.07, 6.45) is 5.16. The van der Waals surface area contributed by atoms with Gasteiger partial charge in [0, 0.05) is 0 Å². The maximum absolute atomic E-state index is 11.2. The fraction of sp³-hybridized carbons (Fsp3) is 0.917. The van der Waals surface area contributed by atoms with Crippen molar-refractivity contribution in [2.45, 2.75) is 70.2 Å². The van der Waals surface area contributed by atoms with E-state index in [2.05, 4.69) is 33.9 Å². The van der Waals surface area contributed by atoms with Crippen LogP contribution in [0.3, 0.4) is 0 Å². The normalized spacial score (nSPS) is 21.7. The number of carbonyl (C=O) groups excluding carboxylic acids is 1. The summed E-state index contributed by atoms with van der Waals surface area (Å²) in [5, 5.41) is 0.186. The van der Waals surface area contributed by atoms with Gasteiger partial charge in [0.05, 0.1) is 0 Å². The highest BCUT2D eigenvalue weighted by molar-refractivity contribution is 6.74. The number of hydrogen-bond acceptors (Lipinski definition) is 2. The van der Waals surface area contributed by atoms with Crippen LogP contribution in [-0.2, 0) is 9.22 Å². The fourth-order valence-electron chi connectivity index (χ4n) is 1.88. The van der Waals surface area contributed by atoms with Crippen LogP contribution in [0.4, 0.5) is 0 Å². The van der Waals surface area contributed by atoms with Gasteiger partial charge in [-0.1, -0.05) is 33.6 Å². The zero-order chi connectivity index (χ0) is 11.7. The molecule has 0 spiro atoms. The maximum atomic E-state index is 11.2. The van der Waals surface area contributed by atoms with Gasteiger partial charge in [0.2, 0.25) is 0 Å². The van der Waals surface area contributed by atoms with Crippen molar-refractivity contribution in [3.63, 3.8) is 0 Å². The first-order valence-electron chi connectivity index (χ1n) is 5.89. The standard InChI is InChI=1S/C12H24O2Si/c1-11(2,3)15(4,5)14-12(10-13)8-6-7-9-12/h10H,6-9H2,1-5H3. The molecule has 0 atom stereocenters. The lowest BCUT2D eigenvalue weighted by Crippen LogP contribution is -2.49. The molecule has 3 heteroatoms. The second kappa shape index (κ2) is 4.02. The molecule has 2 nitrogen and oxygen atoms in total. The van der Waals surface area contributed by atoms with Gasteiger partial charge in [-0.25, -0.2) is 0 Å². The van der Waals surface area contributed by atoms with Gasteiger partial charge in [-0.15, -0.1) is 0 Å². The molecule has 0 heterocycles. The third-order valence-electron chi connectivity index (χ3n) is 3.93. The Bertz CT molecular complexity index is 234. The lowest BCUT2D eigenvalue weighted by atomic mass is 10.1. The predicted octanol–water partition coefficient (Wildman–Crippen LogP) is 3.52. The molecule has 0 aliphatic heterocycles. The van der Waals surface area contributed by atoms with Crippen LogP contribution < -0.4 is 0 Å². The highest BCUT2D eigenvalue weighted by Crippen LogP contribution is 2.42. The first-order valence-corrected chi connectivity index (χ1v) is 8.80. The molecule has 88 valence electrons. The average molecular weight is 228 g/mol. The van der Waals surface area contributed by atoms with E-state index < -0.39 is 13.9 Å². The Morgan fingerprint density at radius 2 is 1.67 bits per heavy atom. The largest absolute Gasteiger partial charge is 0.405 e. The van der Waals surface area contributed by atoms with Crippen molar-refractivity contribution in [1.29, 1.82) is 0 Å². The van der Waals surface area contributed by atoms with Crippen molar-refractivity contribution >= 4 is 14.6 Å². The predicted molar refractivity (Wildman–Crippen MR) is 65.5 cm³/mol. The van der Waals surface area contributed by atoms with Crippen LogP contribution in [0.1, 0.15) is 46.5 Å². The summed E-state index contributed by atoms with van der Waals surface area (Å²) < 4.78 is 6.27. The molecule has 0 bridgehead atoms. The molecular formula is C12H24O2Si. The monoisotopic (exact) mass is 228 g/mol. The SMILES string of the molecule is CC(C)(C)[Si](C)(C)OC1(C=O)CCCC1. The summed E-state index contributed by atoms with van der Waals surface area (Å²) in [5.41, 5.74) is -0.441. The van der Waals surface area contributed by atoms with E-state index >= 15 is 0 Å². The van der Waals surface area contributed by atoms with Crippen LogP contribution in [0.15, 0.2) is 0 Å². The topological polar surface area (TPSA) is 26.3 Å². The Labute approximate surface area is 94.5 Å². The van der Waals surface area contributed by atoms with Gasteiger partial charge < -0.3 is 9.22 Å². The highest BCUT2D eigenvalue weighted by Gasteiger charge is 2.45. The van der Waals surface area contributed by atoms with Crippen LogP contribution in [0.25, 0.3) is 0 Å². The smallest absolute Gasteiger partial charge is 0.193 e. The molecule has 0 amide bonds. The van der Waals surface area contributed by atoms with Crippen LogP contribution in [0.5, 0.6) is 0 Å². The minimum Gasteiger partial charge on any atom is -0.405 e. The van der Waals surface area contributed by atoms with E-state index in [4.69, 9.17) is 4.43 Å². The molecule has 0 unspecified atom stereocenters. The van der Waals surface area contributed by atoms with E-state index in [1.54, 1.807) is 0 Å². The van der Waals surface area contributed by atoms with E-state index in [9.17, 15) is 4.79 Å². The summed E-state index contributed by atoms with van der Waals surface area (Å²) in [7, 11) is -1.79. The average Bonchev–Trinajstić information content (AvgIpc) is 2.51. The molecule has 0 aromatic heterocycles. The van der Waals surface area contributed by atoms with Gasteiger partial charge >= 0.3 is 0 Å². The number of hydrogen-bond donors (Lipinski definition) is 0. The minimum atomic E-state index is -1.79. The molecule has 0 aromatic carbocycles. The van der Waals surface area contributed by atoms with Crippen molar-refractivity contribution < 1.29 is 9.22 Å². The first-order chi connectivity index (χ1) is 6.72. The molecule has 0 N–H and O–H groups in total. The van der Waals surface area contributed by atoms with E-state index in [1.807, 2.05) is 0 Å². The van der Waals surface area contributed by atoms with Gasteiger partial charge in [-0.05, 0) is 31.0 Å². The van der Waals surface area contributed by atoms with Crippen molar-refractivity contribution in [1.82, 2.24) is 0 Å². The molecule has 1 aliphatic rings. The Hall–Kier alpha value is -0.153. The molecular weight excluding hydrogens is 204 g/mol. The molecule has 1 fully saturated rings. The molecule has 15 heavy (non-hydrogen) atoms. The third kappa shape index (κ3) is 2.70. The summed E-state index contributed by atoms with van der Waals surface area (Å²) in [6, 6.07) is 0. The summed E-state index contributed by atoms with van der Waals surface area (Å²) in [4.78, 5) is 11.2. The molecule has 0 radical (unpaired) electrons. The van der Waals surface area contributed by atoms with Gasteiger partial charge in [0.15, 0.2) is 14.6 Å². The zero-order valence-electron chi connectivity index (χ0n) is 10.7. The van der Waals surface area contributed by atoms with Gasteiger partial charge in [0.1, 0.15) is 5.60 Å². The second-order valence-corrected chi connectivity index (χ2v) is 11.0. The van der Waals surface area contributed by atoms with E-state index in [0.717, 1.165) is 32.0 Å². The van der Waals surface area contributed by atoms with Crippen LogP contribution in [-0.4, -0.2) is 20.2 Å². The minimum absolute atomic E-state index is 0.186. The Morgan fingerprint density at radius 1 is 1.20 bits per heavy atom. The molecule has 1 saturated carbocycles. The second-order valence-electron chi connectivity index (χ2n) is 6.25. The molecule has 0 aromatic rings. The Kier molecular flexibility index (Phi) is 3.46. The number of rotatable bonds is 3. The first kappa shape index (κ1) is 12.9. The van der Waals surface area contributed by atoms with Crippen LogP contribution >= 0.6 is 0 Å². The Morgan fingerprint density at radius 3 is 2.00 bits per heavy atom. The van der Waals surface area contributed by atoms with E-state index in [0.29, 0.717) is 0 Å². The quantitative estimate of drug-likeness (QED) is 0.546. The highest BCUT2D eigenvalue weighted by atomic mass is 28.4. The molecule has 1 aliphatic carbocycles. The molecule has 0 saturated heterocycles. The zero-order valence-corrected chi connectivity index (χ0v) is 11.7. The van der Waals surface area contributed by atoms with Crippen molar-refractivity contribution in [2.24, 2.45) is 0 Å². The van der Waals surface area contributed by atoms with Gasteiger partial charge in [0.25, 0.3) is 0 Å². The lowest BCUT2D eigenvalue weighted by Gasteiger charge is -2.42. The van der Waals surface area contributed by atoms with Crippen molar-refractivity contribution in [3.05, 3.63) is 0 Å². The van der Waals surface area contributed by atoms with Crippen molar-refractivity contribution in [3.8, 4) is 0 Å². The van der Waals surface area contributed by atoms with Gasteiger partial charge in [-0.2, -0.15) is 0 Å². The Balaban J connectivity index is 2.79. The molecule has 1 rings (SSSR count). The van der Waals surface area contributed by atoms with E-state index in [-0.39, 0.29) is 5.04 Å². The maximum Gasteiger partial charge on any atom is 0.193 e. The van der Waals surface area contributed by atoms with Crippen molar-refractivity contribution in [2.75, 3.05) is 0 Å². The van der Waals surface area contributed by atoms with Gasteiger partial charge in [-0.3, -0.25) is 0 Å².